The van der Waals surface area contributed by atoms with Crippen LogP contribution in [0.25, 0.3) is 0 Å². The van der Waals surface area contributed by atoms with E-state index in [1.807, 2.05) is 0 Å². The molecule has 1 atom stereocenters. The lowest BCUT2D eigenvalue weighted by Crippen LogP contribution is -2.65. The second-order valence-electron chi connectivity index (χ2n) is 5.33. The van der Waals surface area contributed by atoms with Gasteiger partial charge in [-0.15, -0.1) is 0 Å². The maximum Gasteiger partial charge on any atom is 0.417 e. The van der Waals surface area contributed by atoms with E-state index in [0.29, 0.717) is 13.0 Å². The van der Waals surface area contributed by atoms with Crippen molar-refractivity contribution in [2.45, 2.75) is 31.2 Å². The Hall–Kier alpha value is -1.81. The smallest absolute Gasteiger partial charge is 0.358 e. The molecular formula is C14H19F6N3O+2. The second-order valence-corrected chi connectivity index (χ2v) is 5.33. The van der Waals surface area contributed by atoms with Gasteiger partial charge < -0.3 is 16.8 Å². The molecule has 4 nitrogen and oxygen atoms in total. The molecule has 0 fully saturated rings. The first-order chi connectivity index (χ1) is 11.0. The van der Waals surface area contributed by atoms with Gasteiger partial charge in [0.1, 0.15) is 6.04 Å². The number of hydrogen-bond acceptors (Lipinski definition) is 1. The molecule has 0 saturated carbocycles. The molecule has 7 N–H and O–H groups in total. The molecule has 136 valence electrons. The minimum Gasteiger partial charge on any atom is -0.358 e. The predicted molar refractivity (Wildman–Crippen MR) is 72.4 cm³/mol. The van der Waals surface area contributed by atoms with E-state index >= 15 is 0 Å². The SMILES string of the molecule is [NH3+]CCC[C@H]([NH3+])CNC(=O)c1ccc(C(F)(F)F)c(C(F)(F)F)c1. The number of hydrogen-bond donors (Lipinski definition) is 3. The maximum atomic E-state index is 12.8. The van der Waals surface area contributed by atoms with Crippen LogP contribution in [0.3, 0.4) is 0 Å². The normalized spacial score (nSPS) is 13.7. The average Bonchev–Trinajstić information content (AvgIpc) is 2.48. The quantitative estimate of drug-likeness (QED) is 0.653. The predicted octanol–water partition coefficient (Wildman–Crippen LogP) is 1.09. The van der Waals surface area contributed by atoms with Gasteiger partial charge in [-0.2, -0.15) is 26.3 Å². The molecule has 1 aromatic carbocycles. The molecule has 0 unspecified atom stereocenters. The number of rotatable bonds is 6. The van der Waals surface area contributed by atoms with Crippen LogP contribution in [-0.2, 0) is 12.4 Å². The fraction of sp³-hybridized carbons (Fsp3) is 0.500. The molecule has 24 heavy (non-hydrogen) atoms. The maximum absolute atomic E-state index is 12.8. The number of carbonyl (C=O) groups is 1. The van der Waals surface area contributed by atoms with E-state index in [1.165, 1.54) is 0 Å². The average molecular weight is 359 g/mol. The minimum atomic E-state index is -5.22. The van der Waals surface area contributed by atoms with Crippen LogP contribution in [0.15, 0.2) is 18.2 Å². The van der Waals surface area contributed by atoms with E-state index in [9.17, 15) is 31.1 Å². The Morgan fingerprint density at radius 1 is 1.08 bits per heavy atom. The first kappa shape index (κ1) is 20.2. The lowest BCUT2D eigenvalue weighted by molar-refractivity contribution is -0.423. The largest absolute Gasteiger partial charge is 0.417 e. The Kier molecular flexibility index (Phi) is 6.61. The summed E-state index contributed by atoms with van der Waals surface area (Å²) in [6.45, 7) is 0.801. The van der Waals surface area contributed by atoms with E-state index in [2.05, 4.69) is 16.8 Å². The van der Waals surface area contributed by atoms with Crippen LogP contribution in [0.2, 0.25) is 0 Å². The molecule has 0 spiro atoms. The molecule has 0 aliphatic carbocycles. The van der Waals surface area contributed by atoms with Crippen molar-refractivity contribution in [3.63, 3.8) is 0 Å². The molecule has 0 aromatic heterocycles. The van der Waals surface area contributed by atoms with Gasteiger partial charge in [0.2, 0.25) is 0 Å². The molecule has 0 radical (unpaired) electrons. The number of nitrogens with one attached hydrogen (secondary N) is 1. The first-order valence-corrected chi connectivity index (χ1v) is 7.15. The molecule has 1 rings (SSSR count). The van der Waals surface area contributed by atoms with Crippen molar-refractivity contribution in [1.82, 2.24) is 5.32 Å². The zero-order valence-corrected chi connectivity index (χ0v) is 12.7. The molecule has 0 aliphatic heterocycles. The van der Waals surface area contributed by atoms with Gasteiger partial charge in [-0.25, -0.2) is 0 Å². The van der Waals surface area contributed by atoms with E-state index in [4.69, 9.17) is 0 Å². The second kappa shape index (κ2) is 7.84. The third-order valence-corrected chi connectivity index (χ3v) is 3.31. The number of carbonyl (C=O) groups excluding carboxylic acids is 1. The molecular weight excluding hydrogens is 340 g/mol. The third kappa shape index (κ3) is 5.68. The van der Waals surface area contributed by atoms with Crippen molar-refractivity contribution in [3.05, 3.63) is 34.9 Å². The fourth-order valence-corrected chi connectivity index (χ4v) is 2.04. The van der Waals surface area contributed by atoms with Crippen LogP contribution in [0.4, 0.5) is 26.3 Å². The van der Waals surface area contributed by atoms with Crippen LogP contribution in [0, 0.1) is 0 Å². The lowest BCUT2D eigenvalue weighted by Gasteiger charge is -2.16. The highest BCUT2D eigenvalue weighted by Gasteiger charge is 2.43. The van der Waals surface area contributed by atoms with Crippen LogP contribution in [0.1, 0.15) is 34.3 Å². The van der Waals surface area contributed by atoms with Gasteiger partial charge in [0.15, 0.2) is 0 Å². The van der Waals surface area contributed by atoms with Gasteiger partial charge >= 0.3 is 12.4 Å². The Balaban J connectivity index is 2.95. The summed E-state index contributed by atoms with van der Waals surface area (Å²) < 4.78 is 76.5. The minimum absolute atomic E-state index is 0.112. The van der Waals surface area contributed by atoms with Gasteiger partial charge in [0.05, 0.1) is 24.2 Å². The van der Waals surface area contributed by atoms with Crippen molar-refractivity contribution in [2.24, 2.45) is 0 Å². The monoisotopic (exact) mass is 359 g/mol. The van der Waals surface area contributed by atoms with Crippen molar-refractivity contribution in [2.75, 3.05) is 13.1 Å². The molecule has 0 bridgehead atoms. The molecule has 0 aliphatic rings. The summed E-state index contributed by atoms with van der Waals surface area (Å²) in [5.74, 6) is -0.877. The first-order valence-electron chi connectivity index (χ1n) is 7.15. The number of quaternary nitrogens is 2. The highest BCUT2D eigenvalue weighted by Crippen LogP contribution is 2.40. The molecule has 0 saturated heterocycles. The summed E-state index contributed by atoms with van der Waals surface area (Å²) in [6.07, 6.45) is -8.93. The molecule has 10 heteroatoms. The van der Waals surface area contributed by atoms with Crippen molar-refractivity contribution in [3.8, 4) is 0 Å². The molecule has 0 heterocycles. The summed E-state index contributed by atoms with van der Waals surface area (Å²) in [5.41, 5.74) is 3.23. The Labute approximate surface area is 134 Å². The topological polar surface area (TPSA) is 84.4 Å². The summed E-state index contributed by atoms with van der Waals surface area (Å²) in [5, 5.41) is 2.37. The van der Waals surface area contributed by atoms with Crippen LogP contribution < -0.4 is 16.8 Å². The molecule has 1 amide bonds. The number of amides is 1. The van der Waals surface area contributed by atoms with E-state index in [0.717, 1.165) is 12.5 Å². The summed E-state index contributed by atoms with van der Waals surface area (Å²) >= 11 is 0. The van der Waals surface area contributed by atoms with Crippen LogP contribution >= 0.6 is 0 Å². The summed E-state index contributed by atoms with van der Waals surface area (Å²) in [7, 11) is 0. The van der Waals surface area contributed by atoms with Gasteiger partial charge in [0, 0.05) is 18.4 Å². The van der Waals surface area contributed by atoms with Gasteiger partial charge in [0.25, 0.3) is 5.91 Å². The van der Waals surface area contributed by atoms with Gasteiger partial charge in [-0.1, -0.05) is 0 Å². The van der Waals surface area contributed by atoms with Crippen LogP contribution in [-0.4, -0.2) is 25.0 Å². The highest BCUT2D eigenvalue weighted by atomic mass is 19.4. The number of alkyl halides is 6. The van der Waals surface area contributed by atoms with Crippen molar-refractivity contribution >= 4 is 5.91 Å². The van der Waals surface area contributed by atoms with Gasteiger partial charge in [-0.05, 0) is 18.2 Å². The third-order valence-electron chi connectivity index (χ3n) is 3.31. The van der Waals surface area contributed by atoms with E-state index in [-0.39, 0.29) is 24.7 Å². The summed E-state index contributed by atoms with van der Waals surface area (Å²) in [4.78, 5) is 11.9. The Bertz CT molecular complexity index is 571. The number of benzene rings is 1. The van der Waals surface area contributed by atoms with E-state index in [1.54, 1.807) is 0 Å². The fourth-order valence-electron chi connectivity index (χ4n) is 2.04. The Morgan fingerprint density at radius 3 is 2.17 bits per heavy atom. The highest BCUT2D eigenvalue weighted by molar-refractivity contribution is 5.94. The standard InChI is InChI=1S/C14H17F6N3O/c15-13(16,17)10-4-3-8(6-11(10)14(18,19)20)12(24)23-7-9(22)2-1-5-21/h3-4,6,9H,1-2,5,7,21-22H2,(H,23,24)/p+2/t9-/m0/s1. The molecule has 1 aromatic rings. The zero-order valence-electron chi connectivity index (χ0n) is 12.7. The Morgan fingerprint density at radius 2 is 1.67 bits per heavy atom. The van der Waals surface area contributed by atoms with Crippen molar-refractivity contribution < 1.29 is 42.6 Å². The number of halogens is 6. The zero-order chi connectivity index (χ0) is 18.5. The van der Waals surface area contributed by atoms with Crippen molar-refractivity contribution in [1.29, 1.82) is 0 Å². The lowest BCUT2D eigenvalue weighted by atomic mass is 10.0. The van der Waals surface area contributed by atoms with E-state index < -0.39 is 35.0 Å². The summed E-state index contributed by atoms with van der Waals surface area (Å²) in [6, 6.07) is 1.04. The van der Waals surface area contributed by atoms with Gasteiger partial charge in [-0.3, -0.25) is 4.79 Å². The van der Waals surface area contributed by atoms with Crippen LogP contribution in [0.5, 0.6) is 0 Å².